The Hall–Kier alpha value is -5.48. The summed E-state index contributed by atoms with van der Waals surface area (Å²) in [6.45, 7) is 1.24. The van der Waals surface area contributed by atoms with Crippen molar-refractivity contribution in [2.45, 2.75) is 88.1 Å². The number of aromatic hydroxyl groups is 1. The lowest BCUT2D eigenvalue weighted by Crippen LogP contribution is -2.61. The second-order valence-electron chi connectivity index (χ2n) is 13.6. The number of phenols is 1. The molecule has 2 aliphatic rings. The zero-order chi connectivity index (χ0) is 38.1. The van der Waals surface area contributed by atoms with Gasteiger partial charge < -0.3 is 52.4 Å². The SMILES string of the molecule is C[C@H]1NC(=O)[C@H](Cc2ccc(O)cc2)NC(=O)[C@H](CCCCN)NC(=O)[C@H](Cc2c[nH]c3ccccc23)NC(=O)[C@H](CO)NC(=O)[C@@H]2CCCN2C1=O. The van der Waals surface area contributed by atoms with Crippen molar-refractivity contribution in [2.75, 3.05) is 19.7 Å². The zero-order valence-electron chi connectivity index (χ0n) is 29.6. The minimum atomic E-state index is -1.46. The van der Waals surface area contributed by atoms with Crippen LogP contribution in [0.3, 0.4) is 0 Å². The predicted molar refractivity (Wildman–Crippen MR) is 194 cm³/mol. The quantitative estimate of drug-likeness (QED) is 0.125. The second-order valence-corrected chi connectivity index (χ2v) is 13.6. The van der Waals surface area contributed by atoms with Gasteiger partial charge in [-0.05, 0) is 74.9 Å². The largest absolute Gasteiger partial charge is 0.508 e. The van der Waals surface area contributed by atoms with E-state index in [9.17, 15) is 39.0 Å². The molecule has 1 aromatic heterocycles. The predicted octanol–water partition coefficient (Wildman–Crippen LogP) is -0.771. The van der Waals surface area contributed by atoms with Crippen LogP contribution in [-0.2, 0) is 41.6 Å². The van der Waals surface area contributed by atoms with Gasteiger partial charge in [-0.1, -0.05) is 30.3 Å². The van der Waals surface area contributed by atoms with E-state index in [1.807, 2.05) is 24.3 Å². The number of aliphatic hydroxyl groups excluding tert-OH is 1. The number of carbonyl (C=O) groups is 6. The fourth-order valence-corrected chi connectivity index (χ4v) is 6.77. The fourth-order valence-electron chi connectivity index (χ4n) is 6.77. The third-order valence-electron chi connectivity index (χ3n) is 9.70. The molecular formula is C37H48N8O8. The van der Waals surface area contributed by atoms with Crippen molar-refractivity contribution in [3.63, 3.8) is 0 Å². The van der Waals surface area contributed by atoms with Crippen molar-refractivity contribution in [2.24, 2.45) is 5.73 Å². The lowest BCUT2D eigenvalue weighted by molar-refractivity contribution is -0.142. The van der Waals surface area contributed by atoms with E-state index >= 15 is 0 Å². The summed E-state index contributed by atoms with van der Waals surface area (Å²) in [6, 6.07) is 6.31. The average Bonchev–Trinajstić information content (AvgIpc) is 3.81. The molecule has 0 spiro atoms. The fraction of sp³-hybridized carbons (Fsp3) is 0.459. The number of phenolic OH excluding ortho intramolecular Hbond substituents is 1. The van der Waals surface area contributed by atoms with Crippen molar-refractivity contribution in [1.29, 1.82) is 0 Å². The third kappa shape index (κ3) is 9.70. The first kappa shape index (κ1) is 38.7. The van der Waals surface area contributed by atoms with E-state index in [2.05, 4.69) is 31.6 Å². The first-order valence-electron chi connectivity index (χ1n) is 17.9. The van der Waals surface area contributed by atoms with E-state index in [0.29, 0.717) is 36.9 Å². The lowest BCUT2D eigenvalue weighted by Gasteiger charge is -2.30. The Labute approximate surface area is 306 Å². The van der Waals surface area contributed by atoms with Crippen LogP contribution in [0.15, 0.2) is 54.7 Å². The van der Waals surface area contributed by atoms with Gasteiger partial charge in [-0.2, -0.15) is 0 Å². The van der Waals surface area contributed by atoms with Gasteiger partial charge in [0.2, 0.25) is 35.4 Å². The number of benzene rings is 2. The summed E-state index contributed by atoms with van der Waals surface area (Å²) in [6.07, 6.45) is 3.60. The normalized spacial score (nSPS) is 25.1. The molecule has 2 saturated heterocycles. The molecule has 0 radical (unpaired) electrons. The van der Waals surface area contributed by atoms with Gasteiger partial charge in [-0.3, -0.25) is 28.8 Å². The van der Waals surface area contributed by atoms with Crippen LogP contribution < -0.4 is 32.3 Å². The topological polar surface area (TPSA) is 248 Å². The molecular weight excluding hydrogens is 684 g/mol. The number of nitrogens with one attached hydrogen (secondary N) is 6. The molecule has 0 saturated carbocycles. The molecule has 6 atom stereocenters. The summed E-state index contributed by atoms with van der Waals surface area (Å²) >= 11 is 0. The van der Waals surface area contributed by atoms with Crippen LogP contribution in [-0.4, -0.2) is 111 Å². The molecule has 0 unspecified atom stereocenters. The number of aromatic amines is 1. The molecule has 284 valence electrons. The van der Waals surface area contributed by atoms with E-state index in [0.717, 1.165) is 10.9 Å². The molecule has 16 nitrogen and oxygen atoms in total. The highest BCUT2D eigenvalue weighted by atomic mass is 16.3. The molecule has 0 aliphatic carbocycles. The van der Waals surface area contributed by atoms with Crippen molar-refractivity contribution in [1.82, 2.24) is 36.5 Å². The molecule has 3 heterocycles. The number of nitrogens with zero attached hydrogens (tertiary/aromatic N) is 1. The van der Waals surface area contributed by atoms with Gasteiger partial charge in [0.15, 0.2) is 0 Å². The van der Waals surface area contributed by atoms with Gasteiger partial charge in [-0.25, -0.2) is 0 Å². The summed E-state index contributed by atoms with van der Waals surface area (Å²) in [4.78, 5) is 87.2. The minimum Gasteiger partial charge on any atom is -0.508 e. The van der Waals surface area contributed by atoms with E-state index in [1.54, 1.807) is 18.3 Å². The van der Waals surface area contributed by atoms with Crippen LogP contribution >= 0.6 is 0 Å². The van der Waals surface area contributed by atoms with E-state index < -0.39 is 78.3 Å². The van der Waals surface area contributed by atoms with Crippen molar-refractivity contribution >= 4 is 46.3 Å². The number of aromatic nitrogens is 1. The Bertz CT molecular complexity index is 1800. The zero-order valence-corrected chi connectivity index (χ0v) is 29.6. The number of unbranched alkanes of at least 4 members (excludes halogenated alkanes) is 1. The third-order valence-corrected chi connectivity index (χ3v) is 9.70. The van der Waals surface area contributed by atoms with Crippen LogP contribution in [0, 0.1) is 0 Å². The van der Waals surface area contributed by atoms with Crippen LogP contribution in [0.1, 0.15) is 50.2 Å². The van der Waals surface area contributed by atoms with Gasteiger partial charge >= 0.3 is 0 Å². The number of para-hydroxylation sites is 1. The Morgan fingerprint density at radius 2 is 1.38 bits per heavy atom. The number of fused-ring (bicyclic) bond motifs is 2. The Morgan fingerprint density at radius 1 is 0.755 bits per heavy atom. The highest BCUT2D eigenvalue weighted by Gasteiger charge is 2.39. The van der Waals surface area contributed by atoms with Gasteiger partial charge in [0.25, 0.3) is 0 Å². The number of carbonyl (C=O) groups excluding carboxylic acids is 6. The van der Waals surface area contributed by atoms with Gasteiger partial charge in [0.1, 0.15) is 42.0 Å². The number of amides is 6. The Morgan fingerprint density at radius 3 is 2.09 bits per heavy atom. The first-order chi connectivity index (χ1) is 25.5. The molecule has 2 fully saturated rings. The van der Waals surface area contributed by atoms with Crippen molar-refractivity contribution < 1.29 is 39.0 Å². The first-order valence-corrected chi connectivity index (χ1v) is 17.9. The molecule has 53 heavy (non-hydrogen) atoms. The molecule has 5 rings (SSSR count). The smallest absolute Gasteiger partial charge is 0.245 e. The molecule has 2 aromatic carbocycles. The van der Waals surface area contributed by atoms with Crippen LogP contribution in [0.5, 0.6) is 5.75 Å². The molecule has 10 N–H and O–H groups in total. The Balaban J connectivity index is 1.51. The minimum absolute atomic E-state index is 0.0117. The lowest BCUT2D eigenvalue weighted by atomic mass is 10.0. The standard InChI is InChI=1S/C37H48N8O8/c1-21-37(53)45-16-6-10-31(45)36(52)44-30(20-46)35(51)43-29(18-23-19-39-26-8-3-2-7-25(23)26)34(50)41-27(9-4-5-15-38)32(48)42-28(33(49)40-21)17-22-11-13-24(47)14-12-22/h2-3,7-8,11-14,19,21,27-31,39,46-47H,4-6,9-10,15-18,20,38H2,1H3,(H,40,49)(H,41,50)(H,42,48)(H,43,51)(H,44,52)/t21-,27+,28+,29+,30+,31+/m1/s1. The number of nitrogens with two attached hydrogens (primary N) is 1. The highest BCUT2D eigenvalue weighted by molar-refractivity contribution is 5.98. The van der Waals surface area contributed by atoms with Crippen LogP contribution in [0.25, 0.3) is 10.9 Å². The molecule has 6 amide bonds. The van der Waals surface area contributed by atoms with Gasteiger partial charge in [0, 0.05) is 36.5 Å². The van der Waals surface area contributed by atoms with Crippen molar-refractivity contribution in [3.05, 3.63) is 65.9 Å². The summed E-state index contributed by atoms with van der Waals surface area (Å²) in [5.41, 5.74) is 7.82. The monoisotopic (exact) mass is 732 g/mol. The number of H-pyrrole nitrogens is 1. The Kier molecular flexibility index (Phi) is 13.0. The number of hydrogen-bond donors (Lipinski definition) is 9. The van der Waals surface area contributed by atoms with Gasteiger partial charge in [-0.15, -0.1) is 0 Å². The average molecular weight is 733 g/mol. The molecule has 16 heteroatoms. The summed E-state index contributed by atoms with van der Waals surface area (Å²) in [5, 5.41) is 34.2. The molecule has 0 bridgehead atoms. The summed E-state index contributed by atoms with van der Waals surface area (Å²) in [5.74, 6) is -4.09. The maximum atomic E-state index is 14.1. The summed E-state index contributed by atoms with van der Waals surface area (Å²) < 4.78 is 0. The molecule has 3 aromatic rings. The maximum Gasteiger partial charge on any atom is 0.245 e. The number of rotatable bonds is 9. The second kappa shape index (κ2) is 17.8. The van der Waals surface area contributed by atoms with E-state index in [1.165, 1.54) is 24.0 Å². The van der Waals surface area contributed by atoms with Crippen LogP contribution in [0.4, 0.5) is 0 Å². The van der Waals surface area contributed by atoms with E-state index in [-0.39, 0.29) is 38.0 Å². The van der Waals surface area contributed by atoms with Gasteiger partial charge in [0.05, 0.1) is 6.61 Å². The number of hydrogen-bond acceptors (Lipinski definition) is 9. The van der Waals surface area contributed by atoms with E-state index in [4.69, 9.17) is 5.73 Å². The highest BCUT2D eigenvalue weighted by Crippen LogP contribution is 2.21. The summed E-state index contributed by atoms with van der Waals surface area (Å²) in [7, 11) is 0. The number of aliphatic hydroxyl groups is 1. The van der Waals surface area contributed by atoms with Crippen LogP contribution in [0.2, 0.25) is 0 Å². The van der Waals surface area contributed by atoms with Crippen molar-refractivity contribution in [3.8, 4) is 5.75 Å². The maximum absolute atomic E-state index is 14.1. The molecule has 2 aliphatic heterocycles.